The van der Waals surface area contributed by atoms with Gasteiger partial charge in [-0.2, -0.15) is 0 Å². The molecule has 10 heteroatoms. The Morgan fingerprint density at radius 1 is 0.944 bits per heavy atom. The molecule has 0 bridgehead atoms. The Morgan fingerprint density at radius 2 is 1.53 bits per heavy atom. The molecule has 0 spiro atoms. The standard InChI is InChI=1S/C26H32N4O6/c1-26(2,3)36-25(34)29-16-14-21(15-17-29)30(23(32)27-22(31)20-12-8-5-9-13-20)28-24(33)35-18-19-10-6-4-7-11-19/h4-13,21H,14-18H2,1-3H3,(H,28,33)(H,27,31,32). The molecule has 1 saturated heterocycles. The molecular weight excluding hydrogens is 464 g/mol. The largest absolute Gasteiger partial charge is 0.444 e. The first-order valence-electron chi connectivity index (χ1n) is 11.8. The van der Waals surface area contributed by atoms with E-state index in [4.69, 9.17) is 9.47 Å². The van der Waals surface area contributed by atoms with Gasteiger partial charge in [-0.3, -0.25) is 10.1 Å². The molecule has 2 N–H and O–H groups in total. The van der Waals surface area contributed by atoms with E-state index in [0.29, 0.717) is 31.5 Å². The molecule has 1 heterocycles. The summed E-state index contributed by atoms with van der Waals surface area (Å²) in [6, 6.07) is 16.1. The minimum Gasteiger partial charge on any atom is -0.444 e. The van der Waals surface area contributed by atoms with E-state index >= 15 is 0 Å². The summed E-state index contributed by atoms with van der Waals surface area (Å²) >= 11 is 0. The van der Waals surface area contributed by atoms with Crippen LogP contribution in [0, 0.1) is 0 Å². The quantitative estimate of drug-likeness (QED) is 0.616. The maximum absolute atomic E-state index is 13.1. The highest BCUT2D eigenvalue weighted by atomic mass is 16.6. The number of urea groups is 1. The highest BCUT2D eigenvalue weighted by Gasteiger charge is 2.33. The van der Waals surface area contributed by atoms with Crippen LogP contribution in [0.4, 0.5) is 14.4 Å². The summed E-state index contributed by atoms with van der Waals surface area (Å²) in [7, 11) is 0. The lowest BCUT2D eigenvalue weighted by atomic mass is 10.1. The van der Waals surface area contributed by atoms with Crippen molar-refractivity contribution in [3.8, 4) is 0 Å². The molecule has 0 unspecified atom stereocenters. The average molecular weight is 497 g/mol. The van der Waals surface area contributed by atoms with Crippen molar-refractivity contribution < 1.29 is 28.7 Å². The summed E-state index contributed by atoms with van der Waals surface area (Å²) in [4.78, 5) is 52.1. The average Bonchev–Trinajstić information content (AvgIpc) is 2.86. The van der Waals surface area contributed by atoms with Crippen LogP contribution in [0.5, 0.6) is 0 Å². The molecule has 1 aliphatic rings. The van der Waals surface area contributed by atoms with Gasteiger partial charge in [0.1, 0.15) is 12.2 Å². The molecule has 1 fully saturated rings. The van der Waals surface area contributed by atoms with Gasteiger partial charge in [0.15, 0.2) is 0 Å². The predicted molar refractivity (Wildman–Crippen MR) is 132 cm³/mol. The summed E-state index contributed by atoms with van der Waals surface area (Å²) in [6.45, 7) is 6.02. The predicted octanol–water partition coefficient (Wildman–Crippen LogP) is 4.08. The number of hydrogen-bond donors (Lipinski definition) is 2. The van der Waals surface area contributed by atoms with Crippen LogP contribution in [0.1, 0.15) is 49.5 Å². The number of ether oxygens (including phenoxy) is 2. The number of carbonyl (C=O) groups is 4. The topological polar surface area (TPSA) is 117 Å². The Morgan fingerprint density at radius 3 is 2.11 bits per heavy atom. The number of amides is 5. The number of likely N-dealkylation sites (tertiary alicyclic amines) is 1. The van der Waals surface area contributed by atoms with Gasteiger partial charge in [-0.25, -0.2) is 24.8 Å². The lowest BCUT2D eigenvalue weighted by Crippen LogP contribution is -2.59. The molecule has 10 nitrogen and oxygen atoms in total. The molecule has 1 aliphatic heterocycles. The fourth-order valence-corrected chi connectivity index (χ4v) is 3.61. The Labute approximate surface area is 210 Å². The van der Waals surface area contributed by atoms with Crippen LogP contribution in [0.2, 0.25) is 0 Å². The SMILES string of the molecule is CC(C)(C)OC(=O)N1CCC(N(NC(=O)OCc2ccccc2)C(=O)NC(=O)c2ccccc2)CC1. The number of imide groups is 1. The summed E-state index contributed by atoms with van der Waals surface area (Å²) in [5.74, 6) is -0.601. The third kappa shape index (κ3) is 8.00. The van der Waals surface area contributed by atoms with E-state index < -0.39 is 35.8 Å². The zero-order valence-corrected chi connectivity index (χ0v) is 20.7. The molecule has 5 amide bonds. The first-order chi connectivity index (χ1) is 17.1. The van der Waals surface area contributed by atoms with Gasteiger partial charge in [-0.15, -0.1) is 0 Å². The molecule has 3 rings (SSSR count). The highest BCUT2D eigenvalue weighted by Crippen LogP contribution is 2.19. The second-order valence-electron chi connectivity index (χ2n) is 9.37. The molecule has 0 radical (unpaired) electrons. The van der Waals surface area contributed by atoms with Gasteiger partial charge >= 0.3 is 18.2 Å². The van der Waals surface area contributed by atoms with Crippen molar-refractivity contribution in [2.75, 3.05) is 13.1 Å². The summed E-state index contributed by atoms with van der Waals surface area (Å²) in [6.07, 6.45) is -0.543. The number of nitrogens with one attached hydrogen (secondary N) is 2. The van der Waals surface area contributed by atoms with E-state index in [1.54, 1.807) is 56.0 Å². The Bertz CT molecular complexity index is 1050. The first kappa shape index (κ1) is 26.5. The van der Waals surface area contributed by atoms with Gasteiger partial charge in [-0.1, -0.05) is 48.5 Å². The van der Waals surface area contributed by atoms with Gasteiger partial charge in [-0.05, 0) is 51.3 Å². The smallest absolute Gasteiger partial charge is 0.426 e. The van der Waals surface area contributed by atoms with Crippen LogP contribution in [0.3, 0.4) is 0 Å². The van der Waals surface area contributed by atoms with Gasteiger partial charge < -0.3 is 14.4 Å². The highest BCUT2D eigenvalue weighted by molar-refractivity contribution is 6.04. The van der Waals surface area contributed by atoms with E-state index in [2.05, 4.69) is 10.7 Å². The van der Waals surface area contributed by atoms with Crippen molar-refractivity contribution in [3.63, 3.8) is 0 Å². The van der Waals surface area contributed by atoms with Crippen molar-refractivity contribution in [1.29, 1.82) is 0 Å². The van der Waals surface area contributed by atoms with Crippen molar-refractivity contribution in [2.24, 2.45) is 0 Å². The third-order valence-electron chi connectivity index (χ3n) is 5.38. The van der Waals surface area contributed by atoms with E-state index in [0.717, 1.165) is 10.6 Å². The van der Waals surface area contributed by atoms with Crippen molar-refractivity contribution in [2.45, 2.75) is 51.9 Å². The van der Waals surface area contributed by atoms with E-state index in [1.807, 2.05) is 30.3 Å². The molecule has 2 aromatic rings. The lowest BCUT2D eigenvalue weighted by Gasteiger charge is -2.38. The number of hydrazine groups is 1. The Hall–Kier alpha value is -4.08. The zero-order chi connectivity index (χ0) is 26.1. The fraction of sp³-hybridized carbons (Fsp3) is 0.385. The van der Waals surface area contributed by atoms with Crippen LogP contribution in [0.25, 0.3) is 0 Å². The minimum atomic E-state index is -0.837. The Kier molecular flexibility index (Phi) is 8.88. The molecule has 0 saturated carbocycles. The number of benzene rings is 2. The lowest BCUT2D eigenvalue weighted by molar-refractivity contribution is 0.0133. The van der Waals surface area contributed by atoms with E-state index in [1.165, 1.54) is 0 Å². The number of nitrogens with zero attached hydrogens (tertiary/aromatic N) is 2. The number of rotatable bonds is 4. The number of hydrogen-bond acceptors (Lipinski definition) is 6. The van der Waals surface area contributed by atoms with Gasteiger partial charge in [0, 0.05) is 18.7 Å². The minimum absolute atomic E-state index is 0.0160. The normalized spacial score (nSPS) is 13.9. The second-order valence-corrected chi connectivity index (χ2v) is 9.37. The molecule has 0 atom stereocenters. The maximum Gasteiger partial charge on any atom is 0.426 e. The molecule has 2 aromatic carbocycles. The molecule has 0 aliphatic carbocycles. The van der Waals surface area contributed by atoms with Crippen molar-refractivity contribution >= 4 is 24.1 Å². The summed E-state index contributed by atoms with van der Waals surface area (Å²) in [5, 5.41) is 3.38. The van der Waals surface area contributed by atoms with E-state index in [-0.39, 0.29) is 6.61 Å². The zero-order valence-electron chi connectivity index (χ0n) is 20.7. The number of piperidine rings is 1. The number of carbonyl (C=O) groups excluding carboxylic acids is 4. The fourth-order valence-electron chi connectivity index (χ4n) is 3.61. The second kappa shape index (κ2) is 12.1. The van der Waals surface area contributed by atoms with Crippen LogP contribution >= 0.6 is 0 Å². The molecule has 0 aromatic heterocycles. The van der Waals surface area contributed by atoms with Crippen molar-refractivity contribution in [1.82, 2.24) is 20.7 Å². The van der Waals surface area contributed by atoms with E-state index in [9.17, 15) is 19.2 Å². The van der Waals surface area contributed by atoms with Crippen LogP contribution in [-0.2, 0) is 16.1 Å². The molecule has 36 heavy (non-hydrogen) atoms. The van der Waals surface area contributed by atoms with Gasteiger partial charge in [0.05, 0.1) is 6.04 Å². The van der Waals surface area contributed by atoms with Crippen molar-refractivity contribution in [3.05, 3.63) is 71.8 Å². The molecular formula is C26H32N4O6. The summed E-state index contributed by atoms with van der Waals surface area (Å²) < 4.78 is 10.7. The van der Waals surface area contributed by atoms with Gasteiger partial charge in [0.2, 0.25) is 0 Å². The summed E-state index contributed by atoms with van der Waals surface area (Å²) in [5.41, 5.74) is 2.93. The van der Waals surface area contributed by atoms with Crippen LogP contribution < -0.4 is 10.7 Å². The maximum atomic E-state index is 13.1. The van der Waals surface area contributed by atoms with Crippen LogP contribution in [0.15, 0.2) is 60.7 Å². The van der Waals surface area contributed by atoms with Gasteiger partial charge in [0.25, 0.3) is 5.91 Å². The third-order valence-corrected chi connectivity index (χ3v) is 5.38. The monoisotopic (exact) mass is 496 g/mol. The molecule has 192 valence electrons. The first-order valence-corrected chi connectivity index (χ1v) is 11.8. The van der Waals surface area contributed by atoms with Crippen LogP contribution in [-0.4, -0.2) is 58.8 Å². The Balaban J connectivity index is 1.65.